The molecular formula is C24H29NO4. The number of carbonyl (C=O) groups is 2. The maximum Gasteiger partial charge on any atom is 0.407 e. The Balaban J connectivity index is 1.64. The maximum absolute atomic E-state index is 12.5. The van der Waals surface area contributed by atoms with Crippen LogP contribution >= 0.6 is 0 Å². The fraction of sp³-hybridized carbons (Fsp3) is 0.417. The van der Waals surface area contributed by atoms with Crippen molar-refractivity contribution < 1.29 is 19.4 Å². The lowest BCUT2D eigenvalue weighted by Gasteiger charge is -2.31. The lowest BCUT2D eigenvalue weighted by molar-refractivity contribution is -0.137. The van der Waals surface area contributed by atoms with Gasteiger partial charge in [0.25, 0.3) is 0 Å². The van der Waals surface area contributed by atoms with Crippen molar-refractivity contribution in [2.45, 2.75) is 52.0 Å². The highest BCUT2D eigenvalue weighted by Gasteiger charge is 2.30. The molecule has 0 spiro atoms. The second kappa shape index (κ2) is 8.68. The minimum absolute atomic E-state index is 0.0215. The van der Waals surface area contributed by atoms with Gasteiger partial charge in [-0.3, -0.25) is 4.79 Å². The number of carboxylic acids is 1. The molecule has 1 unspecified atom stereocenters. The van der Waals surface area contributed by atoms with Crippen molar-refractivity contribution in [3.63, 3.8) is 0 Å². The normalized spacial score (nSPS) is 14.0. The predicted molar refractivity (Wildman–Crippen MR) is 113 cm³/mol. The zero-order chi connectivity index (χ0) is 21.0. The summed E-state index contributed by atoms with van der Waals surface area (Å²) in [4.78, 5) is 23.3. The Morgan fingerprint density at radius 3 is 2.10 bits per heavy atom. The van der Waals surface area contributed by atoms with Crippen LogP contribution < -0.4 is 5.32 Å². The van der Waals surface area contributed by atoms with Gasteiger partial charge in [0.15, 0.2) is 0 Å². The molecule has 1 aliphatic carbocycles. The summed E-state index contributed by atoms with van der Waals surface area (Å²) < 4.78 is 5.63. The van der Waals surface area contributed by atoms with Crippen LogP contribution in [-0.2, 0) is 9.53 Å². The number of carboxylic acid groups (broad SMARTS) is 1. The van der Waals surface area contributed by atoms with Gasteiger partial charge in [0.1, 0.15) is 6.61 Å². The summed E-state index contributed by atoms with van der Waals surface area (Å²) in [6.07, 6.45) is 0.752. The van der Waals surface area contributed by atoms with Crippen LogP contribution in [0, 0.1) is 5.41 Å². The van der Waals surface area contributed by atoms with E-state index in [-0.39, 0.29) is 30.4 Å². The number of carbonyl (C=O) groups excluding carboxylic acids is 1. The monoisotopic (exact) mass is 395 g/mol. The number of hydrogen-bond donors (Lipinski definition) is 2. The first kappa shape index (κ1) is 20.9. The summed E-state index contributed by atoms with van der Waals surface area (Å²) in [6.45, 7) is 6.36. The molecule has 0 heterocycles. The Bertz CT molecular complexity index is 839. The third kappa shape index (κ3) is 4.97. The standard InChI is InChI=1S/C24H29NO4/c1-24(2,3)21(13-8-14-22(26)27)25-23(28)29-15-20-18-11-6-4-9-16(18)17-10-5-7-12-19(17)20/h4-7,9-12,20-21H,8,13-15H2,1-3H3,(H,25,28)(H,26,27). The van der Waals surface area contributed by atoms with E-state index in [2.05, 4.69) is 29.6 Å². The van der Waals surface area contributed by atoms with Crippen LogP contribution in [0.25, 0.3) is 11.1 Å². The van der Waals surface area contributed by atoms with E-state index in [0.29, 0.717) is 12.8 Å². The first-order valence-electron chi connectivity index (χ1n) is 10.1. The summed E-state index contributed by atoms with van der Waals surface area (Å²) in [7, 11) is 0. The average Bonchev–Trinajstić information content (AvgIpc) is 2.98. The molecule has 2 aromatic carbocycles. The number of hydrogen-bond acceptors (Lipinski definition) is 3. The number of benzene rings is 2. The van der Waals surface area contributed by atoms with Crippen molar-refractivity contribution in [1.82, 2.24) is 5.32 Å². The SMILES string of the molecule is CC(C)(C)C(CCCC(=O)O)NC(=O)OCC1c2ccccc2-c2ccccc21. The fourth-order valence-corrected chi connectivity index (χ4v) is 3.96. The van der Waals surface area contributed by atoms with Crippen LogP contribution in [0.3, 0.4) is 0 Å². The molecule has 3 rings (SSSR count). The Kier molecular flexibility index (Phi) is 6.26. The Morgan fingerprint density at radius 1 is 1.03 bits per heavy atom. The molecule has 0 saturated carbocycles. The van der Waals surface area contributed by atoms with E-state index in [0.717, 1.165) is 0 Å². The van der Waals surface area contributed by atoms with Crippen LogP contribution in [-0.4, -0.2) is 29.8 Å². The highest BCUT2D eigenvalue weighted by Crippen LogP contribution is 2.44. The van der Waals surface area contributed by atoms with Gasteiger partial charge in [0.2, 0.25) is 0 Å². The van der Waals surface area contributed by atoms with E-state index in [4.69, 9.17) is 9.84 Å². The summed E-state index contributed by atoms with van der Waals surface area (Å²) in [5, 5.41) is 11.8. The molecule has 0 radical (unpaired) electrons. The maximum atomic E-state index is 12.5. The number of aliphatic carboxylic acids is 1. The number of rotatable bonds is 7. The third-order valence-corrected chi connectivity index (χ3v) is 5.56. The topological polar surface area (TPSA) is 75.6 Å². The Labute approximate surface area is 172 Å². The molecular weight excluding hydrogens is 366 g/mol. The molecule has 0 aliphatic heterocycles. The predicted octanol–water partition coefficient (Wildman–Crippen LogP) is 5.19. The third-order valence-electron chi connectivity index (χ3n) is 5.56. The van der Waals surface area contributed by atoms with Crippen molar-refractivity contribution in [2.24, 2.45) is 5.41 Å². The highest BCUT2D eigenvalue weighted by molar-refractivity contribution is 5.79. The molecule has 0 saturated heterocycles. The van der Waals surface area contributed by atoms with E-state index in [1.807, 2.05) is 45.0 Å². The van der Waals surface area contributed by atoms with Gasteiger partial charge in [-0.2, -0.15) is 0 Å². The van der Waals surface area contributed by atoms with E-state index < -0.39 is 12.1 Å². The van der Waals surface area contributed by atoms with Crippen molar-refractivity contribution in [2.75, 3.05) is 6.61 Å². The smallest absolute Gasteiger partial charge is 0.407 e. The number of ether oxygens (including phenoxy) is 1. The molecule has 0 aromatic heterocycles. The molecule has 2 N–H and O–H groups in total. The van der Waals surface area contributed by atoms with Gasteiger partial charge in [-0.25, -0.2) is 4.79 Å². The number of alkyl carbamates (subject to hydrolysis) is 1. The van der Waals surface area contributed by atoms with Gasteiger partial charge in [0.05, 0.1) is 0 Å². The summed E-state index contributed by atoms with van der Waals surface area (Å²) in [5.74, 6) is -0.799. The lowest BCUT2D eigenvalue weighted by Crippen LogP contribution is -2.44. The molecule has 0 fully saturated rings. The number of nitrogens with one attached hydrogen (secondary N) is 1. The minimum Gasteiger partial charge on any atom is -0.481 e. The van der Waals surface area contributed by atoms with Gasteiger partial charge >= 0.3 is 12.1 Å². The van der Waals surface area contributed by atoms with Crippen molar-refractivity contribution in [1.29, 1.82) is 0 Å². The second-order valence-electron chi connectivity index (χ2n) is 8.67. The molecule has 1 amide bonds. The molecule has 1 aliphatic rings. The molecule has 154 valence electrons. The average molecular weight is 395 g/mol. The van der Waals surface area contributed by atoms with E-state index in [1.54, 1.807) is 0 Å². The van der Waals surface area contributed by atoms with Gasteiger partial charge in [0, 0.05) is 18.4 Å². The first-order valence-corrected chi connectivity index (χ1v) is 10.1. The molecule has 5 nitrogen and oxygen atoms in total. The van der Waals surface area contributed by atoms with Crippen LogP contribution in [0.4, 0.5) is 4.79 Å². The van der Waals surface area contributed by atoms with Crippen LogP contribution in [0.15, 0.2) is 48.5 Å². The van der Waals surface area contributed by atoms with Crippen LogP contribution in [0.5, 0.6) is 0 Å². The van der Waals surface area contributed by atoms with Gasteiger partial charge in [-0.1, -0.05) is 69.3 Å². The Morgan fingerprint density at radius 2 is 1.59 bits per heavy atom. The highest BCUT2D eigenvalue weighted by atomic mass is 16.5. The van der Waals surface area contributed by atoms with E-state index in [9.17, 15) is 9.59 Å². The number of fused-ring (bicyclic) bond motifs is 3. The minimum atomic E-state index is -0.821. The van der Waals surface area contributed by atoms with Gasteiger partial charge in [-0.15, -0.1) is 0 Å². The van der Waals surface area contributed by atoms with E-state index >= 15 is 0 Å². The Hall–Kier alpha value is -2.82. The summed E-state index contributed by atoms with van der Waals surface area (Å²) >= 11 is 0. The van der Waals surface area contributed by atoms with Gasteiger partial charge < -0.3 is 15.2 Å². The zero-order valence-electron chi connectivity index (χ0n) is 17.3. The first-order chi connectivity index (χ1) is 13.8. The summed E-state index contributed by atoms with van der Waals surface area (Å²) in [5.41, 5.74) is 4.55. The van der Waals surface area contributed by atoms with Crippen LogP contribution in [0.2, 0.25) is 0 Å². The largest absolute Gasteiger partial charge is 0.481 e. The van der Waals surface area contributed by atoms with Crippen molar-refractivity contribution >= 4 is 12.1 Å². The molecule has 0 bridgehead atoms. The zero-order valence-corrected chi connectivity index (χ0v) is 17.3. The lowest BCUT2D eigenvalue weighted by atomic mass is 9.84. The molecule has 29 heavy (non-hydrogen) atoms. The molecule has 1 atom stereocenters. The number of amides is 1. The van der Waals surface area contributed by atoms with Crippen molar-refractivity contribution in [3.05, 3.63) is 59.7 Å². The van der Waals surface area contributed by atoms with Crippen molar-refractivity contribution in [3.8, 4) is 11.1 Å². The second-order valence-corrected chi connectivity index (χ2v) is 8.67. The summed E-state index contributed by atoms with van der Waals surface area (Å²) in [6, 6.07) is 16.3. The molecule has 2 aromatic rings. The van der Waals surface area contributed by atoms with Gasteiger partial charge in [-0.05, 0) is 40.5 Å². The fourth-order valence-electron chi connectivity index (χ4n) is 3.96. The molecule has 5 heteroatoms. The van der Waals surface area contributed by atoms with E-state index in [1.165, 1.54) is 22.3 Å². The van der Waals surface area contributed by atoms with Crippen LogP contribution in [0.1, 0.15) is 57.1 Å². The quantitative estimate of drug-likeness (QED) is 0.676.